The zero-order chi connectivity index (χ0) is 17.4. The number of benzene rings is 2. The molecule has 0 bridgehead atoms. The highest BCUT2D eigenvalue weighted by atomic mass is 16.3. The first-order valence-electron chi connectivity index (χ1n) is 8.60. The molecule has 2 aromatic carbocycles. The largest absolute Gasteiger partial charge is 0.394 e. The van der Waals surface area contributed by atoms with Crippen LogP contribution in [0.2, 0.25) is 0 Å². The fraction of sp³-hybridized carbons (Fsp3) is 0.381. The van der Waals surface area contributed by atoms with Gasteiger partial charge in [-0.15, -0.1) is 0 Å². The number of aliphatic hydroxyl groups excluding tert-OH is 1. The molecule has 0 spiro atoms. The van der Waals surface area contributed by atoms with Gasteiger partial charge in [-0.1, -0.05) is 74.5 Å². The number of amides is 1. The fourth-order valence-electron chi connectivity index (χ4n) is 2.91. The zero-order valence-corrected chi connectivity index (χ0v) is 14.5. The van der Waals surface area contributed by atoms with E-state index in [9.17, 15) is 9.90 Å². The van der Waals surface area contributed by atoms with Crippen molar-refractivity contribution >= 4 is 5.91 Å². The lowest BCUT2D eigenvalue weighted by molar-refractivity contribution is -0.124. The molecule has 128 valence electrons. The predicted molar refractivity (Wildman–Crippen MR) is 97.8 cm³/mol. The summed E-state index contributed by atoms with van der Waals surface area (Å²) in [5.74, 6) is 0.226. The Morgan fingerprint density at radius 2 is 1.58 bits per heavy atom. The number of nitrogens with one attached hydrogen (secondary N) is 1. The van der Waals surface area contributed by atoms with E-state index in [-0.39, 0.29) is 24.5 Å². The topological polar surface area (TPSA) is 49.3 Å². The van der Waals surface area contributed by atoms with Gasteiger partial charge in [-0.25, -0.2) is 0 Å². The Kier molecular flexibility index (Phi) is 7.01. The number of carbonyl (C=O) groups excluding carboxylic acids is 1. The van der Waals surface area contributed by atoms with Crippen molar-refractivity contribution in [1.29, 1.82) is 0 Å². The number of hydrogen-bond acceptors (Lipinski definition) is 2. The summed E-state index contributed by atoms with van der Waals surface area (Å²) in [6, 6.07) is 19.5. The van der Waals surface area contributed by atoms with E-state index in [1.807, 2.05) is 60.7 Å². The third-order valence-electron chi connectivity index (χ3n) is 4.12. The Morgan fingerprint density at radius 1 is 1.00 bits per heavy atom. The quantitative estimate of drug-likeness (QED) is 0.780. The summed E-state index contributed by atoms with van der Waals surface area (Å²) < 4.78 is 0. The fourth-order valence-corrected chi connectivity index (χ4v) is 2.91. The van der Waals surface area contributed by atoms with Gasteiger partial charge in [-0.05, 0) is 29.9 Å². The Balaban J connectivity index is 2.07. The smallest absolute Gasteiger partial charge is 0.227 e. The first-order chi connectivity index (χ1) is 11.6. The van der Waals surface area contributed by atoms with Gasteiger partial charge in [0, 0.05) is 0 Å². The number of carbonyl (C=O) groups is 1. The lowest BCUT2D eigenvalue weighted by atomic mass is 9.89. The minimum absolute atomic E-state index is 0.00937. The van der Waals surface area contributed by atoms with Crippen LogP contribution < -0.4 is 5.32 Å². The molecule has 0 aliphatic carbocycles. The minimum atomic E-state index is -0.265. The molecule has 0 aromatic heterocycles. The highest BCUT2D eigenvalue weighted by molar-refractivity contribution is 5.84. The molecule has 0 aliphatic rings. The summed E-state index contributed by atoms with van der Waals surface area (Å²) in [6.07, 6.45) is 1.42. The molecular formula is C21H27NO2. The van der Waals surface area contributed by atoms with Crippen molar-refractivity contribution in [3.8, 4) is 0 Å². The van der Waals surface area contributed by atoms with Gasteiger partial charge >= 0.3 is 0 Å². The maximum absolute atomic E-state index is 12.8. The minimum Gasteiger partial charge on any atom is -0.394 e. The molecule has 0 heterocycles. The summed E-state index contributed by atoms with van der Waals surface area (Å²) >= 11 is 0. The molecule has 24 heavy (non-hydrogen) atoms. The second-order valence-electron chi connectivity index (χ2n) is 6.67. The van der Waals surface area contributed by atoms with Crippen molar-refractivity contribution in [2.45, 2.75) is 38.6 Å². The molecule has 2 unspecified atom stereocenters. The van der Waals surface area contributed by atoms with Gasteiger partial charge in [0.1, 0.15) is 0 Å². The van der Waals surface area contributed by atoms with Crippen molar-refractivity contribution in [2.24, 2.45) is 5.92 Å². The molecule has 3 heteroatoms. The molecule has 2 rings (SSSR count). The van der Waals surface area contributed by atoms with Gasteiger partial charge in [0.15, 0.2) is 0 Å². The van der Waals surface area contributed by atoms with Crippen LogP contribution in [0.15, 0.2) is 60.7 Å². The third-order valence-corrected chi connectivity index (χ3v) is 4.12. The van der Waals surface area contributed by atoms with E-state index in [4.69, 9.17) is 0 Å². The first kappa shape index (κ1) is 18.2. The van der Waals surface area contributed by atoms with Gasteiger partial charge in [0.25, 0.3) is 0 Å². The summed E-state index contributed by atoms with van der Waals surface area (Å²) in [6.45, 7) is 4.18. The third kappa shape index (κ3) is 5.50. The van der Waals surface area contributed by atoms with Gasteiger partial charge in [-0.3, -0.25) is 4.79 Å². The SMILES string of the molecule is CC(C)CC(C(=O)NC(CO)Cc1ccccc1)c1ccccc1. The normalized spacial score (nSPS) is 13.5. The van der Waals surface area contributed by atoms with Crippen molar-refractivity contribution in [1.82, 2.24) is 5.32 Å². The predicted octanol–water partition coefficient (Wildman–Crippen LogP) is 3.54. The molecule has 2 aromatic rings. The first-order valence-corrected chi connectivity index (χ1v) is 8.60. The van der Waals surface area contributed by atoms with E-state index in [1.54, 1.807) is 0 Å². The number of rotatable bonds is 8. The molecular weight excluding hydrogens is 298 g/mol. The molecule has 0 saturated carbocycles. The maximum Gasteiger partial charge on any atom is 0.227 e. The highest BCUT2D eigenvalue weighted by Gasteiger charge is 2.24. The van der Waals surface area contributed by atoms with Crippen LogP contribution in [0.3, 0.4) is 0 Å². The van der Waals surface area contributed by atoms with Crippen LogP contribution in [0.4, 0.5) is 0 Å². The average Bonchev–Trinajstić information content (AvgIpc) is 2.60. The summed E-state index contributed by atoms with van der Waals surface area (Å²) in [5.41, 5.74) is 2.14. The lowest BCUT2D eigenvalue weighted by Crippen LogP contribution is -2.42. The second kappa shape index (κ2) is 9.24. The Labute approximate surface area is 144 Å². The van der Waals surface area contributed by atoms with Crippen LogP contribution in [-0.4, -0.2) is 23.7 Å². The number of aliphatic hydroxyl groups is 1. The van der Waals surface area contributed by atoms with Gasteiger partial charge in [-0.2, -0.15) is 0 Å². The molecule has 0 fully saturated rings. The van der Waals surface area contributed by atoms with Crippen molar-refractivity contribution in [3.05, 3.63) is 71.8 Å². The zero-order valence-electron chi connectivity index (χ0n) is 14.5. The van der Waals surface area contributed by atoms with E-state index in [1.165, 1.54) is 0 Å². The summed E-state index contributed by atoms with van der Waals surface area (Å²) in [5, 5.41) is 12.7. The molecule has 0 aliphatic heterocycles. The van der Waals surface area contributed by atoms with Crippen LogP contribution in [0.1, 0.15) is 37.3 Å². The van der Waals surface area contributed by atoms with Crippen LogP contribution in [0, 0.1) is 5.92 Å². The van der Waals surface area contributed by atoms with Crippen molar-refractivity contribution < 1.29 is 9.90 Å². The molecule has 2 atom stereocenters. The van der Waals surface area contributed by atoms with Crippen molar-refractivity contribution in [2.75, 3.05) is 6.61 Å². The standard InChI is InChI=1S/C21H27NO2/c1-16(2)13-20(18-11-7-4-8-12-18)21(24)22-19(15-23)14-17-9-5-3-6-10-17/h3-12,16,19-20,23H,13-15H2,1-2H3,(H,22,24). The van der Waals surface area contributed by atoms with Gasteiger partial charge in [0.05, 0.1) is 18.6 Å². The van der Waals surface area contributed by atoms with Gasteiger partial charge < -0.3 is 10.4 Å². The molecule has 3 nitrogen and oxygen atoms in total. The lowest BCUT2D eigenvalue weighted by Gasteiger charge is -2.23. The average molecular weight is 325 g/mol. The Morgan fingerprint density at radius 3 is 2.12 bits per heavy atom. The second-order valence-corrected chi connectivity index (χ2v) is 6.67. The molecule has 0 radical (unpaired) electrons. The van der Waals surface area contributed by atoms with Crippen molar-refractivity contribution in [3.63, 3.8) is 0 Å². The number of hydrogen-bond donors (Lipinski definition) is 2. The van der Waals surface area contributed by atoms with E-state index < -0.39 is 0 Å². The van der Waals surface area contributed by atoms with E-state index >= 15 is 0 Å². The molecule has 1 amide bonds. The van der Waals surface area contributed by atoms with E-state index in [2.05, 4.69) is 19.2 Å². The maximum atomic E-state index is 12.8. The summed E-state index contributed by atoms with van der Waals surface area (Å²) in [7, 11) is 0. The van der Waals surface area contributed by atoms with Gasteiger partial charge in [0.2, 0.25) is 5.91 Å². The molecule has 2 N–H and O–H groups in total. The van der Waals surface area contributed by atoms with E-state index in [0.29, 0.717) is 12.3 Å². The molecule has 0 saturated heterocycles. The Hall–Kier alpha value is -2.13. The van der Waals surface area contributed by atoms with Crippen LogP contribution >= 0.6 is 0 Å². The monoisotopic (exact) mass is 325 g/mol. The van der Waals surface area contributed by atoms with Crippen LogP contribution in [0.5, 0.6) is 0 Å². The van der Waals surface area contributed by atoms with Crippen LogP contribution in [-0.2, 0) is 11.2 Å². The van der Waals surface area contributed by atoms with E-state index in [0.717, 1.165) is 17.5 Å². The Bertz CT molecular complexity index is 610. The van der Waals surface area contributed by atoms with Crippen LogP contribution in [0.25, 0.3) is 0 Å². The highest BCUT2D eigenvalue weighted by Crippen LogP contribution is 2.24. The summed E-state index contributed by atoms with van der Waals surface area (Å²) in [4.78, 5) is 12.8.